The molecule has 1 atom stereocenters. The Labute approximate surface area is 221 Å². The first-order chi connectivity index (χ1) is 18.5. The molecule has 0 fully saturated rings. The molecule has 3 aromatic carbocycles. The molecule has 0 aromatic heterocycles. The van der Waals surface area contributed by atoms with Crippen molar-refractivity contribution in [3.05, 3.63) is 70.3 Å². The number of hydrogen-bond acceptors (Lipinski definition) is 6. The molecule has 39 heavy (non-hydrogen) atoms. The van der Waals surface area contributed by atoms with Crippen LogP contribution in [-0.2, 0) is 11.2 Å². The van der Waals surface area contributed by atoms with Gasteiger partial charge in [-0.05, 0) is 36.8 Å². The summed E-state index contributed by atoms with van der Waals surface area (Å²) in [7, 11) is 5.09. The fourth-order valence-electron chi connectivity index (χ4n) is 4.01. The van der Waals surface area contributed by atoms with E-state index in [4.69, 9.17) is 18.9 Å². The molecule has 3 aromatic rings. The van der Waals surface area contributed by atoms with Crippen LogP contribution in [0.5, 0.6) is 23.0 Å². The molecule has 8 nitrogen and oxygen atoms in total. The zero-order valence-corrected chi connectivity index (χ0v) is 21.6. The number of benzene rings is 3. The number of amides is 1. The van der Waals surface area contributed by atoms with Gasteiger partial charge in [0.25, 0.3) is 5.91 Å². The minimum atomic E-state index is -1.70. The number of nitrogens with one attached hydrogen (secondary N) is 1. The van der Waals surface area contributed by atoms with Crippen LogP contribution >= 0.6 is 0 Å². The first-order valence-electron chi connectivity index (χ1n) is 11.3. The second kappa shape index (κ2) is 11.9. The van der Waals surface area contributed by atoms with Crippen molar-refractivity contribution in [3.8, 4) is 34.1 Å². The van der Waals surface area contributed by atoms with Gasteiger partial charge in [0.15, 0.2) is 34.8 Å². The van der Waals surface area contributed by atoms with E-state index in [1.807, 2.05) is 0 Å². The molecular formula is C27H25F4NO7. The largest absolute Gasteiger partial charge is 0.496 e. The third-order valence-electron chi connectivity index (χ3n) is 6.01. The van der Waals surface area contributed by atoms with E-state index in [0.717, 1.165) is 26.2 Å². The van der Waals surface area contributed by atoms with Crippen molar-refractivity contribution in [2.45, 2.75) is 19.4 Å². The number of carboxylic acids is 1. The van der Waals surface area contributed by atoms with E-state index in [9.17, 15) is 32.3 Å². The fraction of sp³-hybridized carbons (Fsp3) is 0.259. The van der Waals surface area contributed by atoms with Gasteiger partial charge in [0.05, 0.1) is 34.0 Å². The van der Waals surface area contributed by atoms with Gasteiger partial charge in [-0.15, -0.1) is 0 Å². The molecule has 0 saturated carbocycles. The average molecular weight is 551 g/mol. The van der Waals surface area contributed by atoms with Crippen molar-refractivity contribution in [2.75, 3.05) is 28.4 Å². The van der Waals surface area contributed by atoms with Gasteiger partial charge in [-0.25, -0.2) is 22.4 Å². The highest BCUT2D eigenvalue weighted by Crippen LogP contribution is 2.42. The number of aliphatic carboxylic acids is 1. The number of carbonyl (C=O) groups is 2. The first kappa shape index (κ1) is 29.1. The Balaban J connectivity index is 2.09. The third kappa shape index (κ3) is 5.54. The summed E-state index contributed by atoms with van der Waals surface area (Å²) in [5.74, 6) is -8.98. The molecule has 0 heterocycles. The predicted octanol–water partition coefficient (Wildman–Crippen LogP) is 4.68. The Morgan fingerprint density at radius 1 is 0.821 bits per heavy atom. The zero-order chi connectivity index (χ0) is 29.0. The fourth-order valence-corrected chi connectivity index (χ4v) is 4.01. The molecule has 0 saturated heterocycles. The lowest BCUT2D eigenvalue weighted by Crippen LogP contribution is -2.42. The topological polar surface area (TPSA) is 103 Å². The summed E-state index contributed by atoms with van der Waals surface area (Å²) in [6.07, 6.45) is -0.191. The average Bonchev–Trinajstić information content (AvgIpc) is 2.93. The monoisotopic (exact) mass is 551 g/mol. The summed E-state index contributed by atoms with van der Waals surface area (Å²) in [6.45, 7) is 0.870. The maximum absolute atomic E-state index is 14.8. The Kier molecular flexibility index (Phi) is 8.89. The lowest BCUT2D eigenvalue weighted by Gasteiger charge is -2.20. The summed E-state index contributed by atoms with van der Waals surface area (Å²) in [6, 6.07) is 5.38. The summed E-state index contributed by atoms with van der Waals surface area (Å²) in [4.78, 5) is 25.4. The van der Waals surface area contributed by atoms with Gasteiger partial charge < -0.3 is 29.4 Å². The van der Waals surface area contributed by atoms with Gasteiger partial charge in [-0.2, -0.15) is 0 Å². The third-order valence-corrected chi connectivity index (χ3v) is 6.01. The van der Waals surface area contributed by atoms with Crippen LogP contribution in [0, 0.1) is 30.2 Å². The molecule has 1 amide bonds. The molecular weight excluding hydrogens is 526 g/mol. The highest BCUT2D eigenvalue weighted by atomic mass is 19.2. The smallest absolute Gasteiger partial charge is 0.326 e. The van der Waals surface area contributed by atoms with Crippen LogP contribution in [0.3, 0.4) is 0 Å². The minimum absolute atomic E-state index is 0.155. The normalized spacial score (nSPS) is 11.5. The van der Waals surface area contributed by atoms with Crippen molar-refractivity contribution in [2.24, 2.45) is 0 Å². The standard InChI is InChI=1S/C27H25F4NO7/c1-12-21(28)23(30)19(24(31)22(12)29)14-7-9-17(37-3)20(25(14)39-5)26(33)32-15(27(34)35)10-13-6-8-16(36-2)18(11-13)38-4/h6-9,11,15H,10H2,1-5H3,(H,32,33)(H,34,35)/t15-/m1/s1. The number of methoxy groups -OCH3 is 4. The molecule has 2 N–H and O–H groups in total. The molecule has 3 rings (SSSR count). The van der Waals surface area contributed by atoms with Crippen LogP contribution in [0.15, 0.2) is 30.3 Å². The summed E-state index contributed by atoms with van der Waals surface area (Å²) < 4.78 is 79.1. The molecule has 0 aliphatic heterocycles. The number of carbonyl (C=O) groups excluding carboxylic acids is 1. The number of rotatable bonds is 10. The van der Waals surface area contributed by atoms with Crippen LogP contribution in [0.1, 0.15) is 21.5 Å². The second-order valence-corrected chi connectivity index (χ2v) is 8.24. The van der Waals surface area contributed by atoms with Crippen molar-refractivity contribution in [1.29, 1.82) is 0 Å². The molecule has 208 valence electrons. The quantitative estimate of drug-likeness (QED) is 0.279. The Morgan fingerprint density at radius 3 is 1.90 bits per heavy atom. The van der Waals surface area contributed by atoms with E-state index in [0.29, 0.717) is 17.1 Å². The van der Waals surface area contributed by atoms with E-state index < -0.39 is 69.2 Å². The molecule has 0 bridgehead atoms. The SMILES string of the molecule is COc1ccc(C[C@@H](NC(=O)c2c(OC)ccc(-c3c(F)c(F)c(C)c(F)c3F)c2OC)C(=O)O)cc1OC. The first-order valence-corrected chi connectivity index (χ1v) is 11.3. The molecule has 0 unspecified atom stereocenters. The molecule has 0 spiro atoms. The number of halogens is 4. The Morgan fingerprint density at radius 2 is 1.38 bits per heavy atom. The van der Waals surface area contributed by atoms with Crippen LogP contribution in [0.4, 0.5) is 17.6 Å². The van der Waals surface area contributed by atoms with Gasteiger partial charge in [-0.3, -0.25) is 4.79 Å². The molecule has 0 aliphatic rings. The maximum atomic E-state index is 14.8. The summed E-state index contributed by atoms with van der Waals surface area (Å²) in [5, 5.41) is 12.1. The van der Waals surface area contributed by atoms with Crippen molar-refractivity contribution in [3.63, 3.8) is 0 Å². The number of hydrogen-bond donors (Lipinski definition) is 2. The maximum Gasteiger partial charge on any atom is 0.326 e. The van der Waals surface area contributed by atoms with Gasteiger partial charge in [0.1, 0.15) is 23.1 Å². The van der Waals surface area contributed by atoms with Gasteiger partial charge >= 0.3 is 5.97 Å². The van der Waals surface area contributed by atoms with E-state index in [-0.39, 0.29) is 12.2 Å². The van der Waals surface area contributed by atoms with Crippen molar-refractivity contribution >= 4 is 11.9 Å². The van der Waals surface area contributed by atoms with Crippen molar-refractivity contribution in [1.82, 2.24) is 5.32 Å². The Hall–Kier alpha value is -4.48. The van der Waals surface area contributed by atoms with Crippen LogP contribution < -0.4 is 24.3 Å². The number of carboxylic acid groups (broad SMARTS) is 1. The highest BCUT2D eigenvalue weighted by molar-refractivity contribution is 6.03. The predicted molar refractivity (Wildman–Crippen MR) is 132 cm³/mol. The molecule has 12 heteroatoms. The zero-order valence-electron chi connectivity index (χ0n) is 21.6. The van der Waals surface area contributed by atoms with Crippen molar-refractivity contribution < 1.29 is 51.2 Å². The molecule has 0 radical (unpaired) electrons. The summed E-state index contributed by atoms with van der Waals surface area (Å²) >= 11 is 0. The second-order valence-electron chi connectivity index (χ2n) is 8.24. The van der Waals surface area contributed by atoms with Gasteiger partial charge in [0, 0.05) is 17.5 Å². The summed E-state index contributed by atoms with van der Waals surface area (Å²) in [5.41, 5.74) is -2.44. The highest BCUT2D eigenvalue weighted by Gasteiger charge is 2.31. The lowest BCUT2D eigenvalue weighted by molar-refractivity contribution is -0.139. The van der Waals surface area contributed by atoms with E-state index in [2.05, 4.69) is 5.32 Å². The van der Waals surface area contributed by atoms with E-state index in [1.54, 1.807) is 12.1 Å². The van der Waals surface area contributed by atoms with Crippen LogP contribution in [0.2, 0.25) is 0 Å². The minimum Gasteiger partial charge on any atom is -0.496 e. The number of ether oxygens (including phenoxy) is 4. The lowest BCUT2D eigenvalue weighted by atomic mass is 9.96. The van der Waals surface area contributed by atoms with E-state index >= 15 is 0 Å². The Bertz CT molecular complexity index is 1400. The van der Waals surface area contributed by atoms with Gasteiger partial charge in [-0.1, -0.05) is 6.07 Å². The molecule has 0 aliphatic carbocycles. The van der Waals surface area contributed by atoms with Gasteiger partial charge in [0.2, 0.25) is 0 Å². The van der Waals surface area contributed by atoms with Crippen LogP contribution in [0.25, 0.3) is 11.1 Å². The van der Waals surface area contributed by atoms with Crippen LogP contribution in [-0.4, -0.2) is 51.5 Å². The van der Waals surface area contributed by atoms with E-state index in [1.165, 1.54) is 27.4 Å².